The molecule has 2 aromatic rings. The van der Waals surface area contributed by atoms with E-state index in [2.05, 4.69) is 10.3 Å². The van der Waals surface area contributed by atoms with Gasteiger partial charge in [0.25, 0.3) is 6.01 Å². The van der Waals surface area contributed by atoms with Crippen molar-refractivity contribution in [2.75, 3.05) is 17.6 Å². The molecule has 5 heteroatoms. The average molecular weight is 261 g/mol. The predicted octanol–water partition coefficient (Wildman–Crippen LogP) is 2.37. The van der Waals surface area contributed by atoms with Gasteiger partial charge in [-0.1, -0.05) is 6.42 Å². The number of aliphatic hydroxyl groups is 1. The molecule has 0 bridgehead atoms. The summed E-state index contributed by atoms with van der Waals surface area (Å²) in [5, 5.41) is 12.9. The van der Waals surface area contributed by atoms with Crippen molar-refractivity contribution in [2.45, 2.75) is 31.8 Å². The Balaban J connectivity index is 1.65. The minimum atomic E-state index is -0.149. The van der Waals surface area contributed by atoms with E-state index < -0.39 is 0 Å². The lowest BCUT2D eigenvalue weighted by atomic mass is 9.87. The Bertz CT molecular complexity index is 567. The van der Waals surface area contributed by atoms with Gasteiger partial charge in [0.2, 0.25) is 0 Å². The number of fused-ring (bicyclic) bond motifs is 1. The van der Waals surface area contributed by atoms with Crippen molar-refractivity contribution in [2.24, 2.45) is 5.92 Å². The first kappa shape index (κ1) is 12.3. The van der Waals surface area contributed by atoms with Crippen molar-refractivity contribution in [1.29, 1.82) is 0 Å². The van der Waals surface area contributed by atoms with Gasteiger partial charge in [-0.25, -0.2) is 0 Å². The monoisotopic (exact) mass is 261 g/mol. The summed E-state index contributed by atoms with van der Waals surface area (Å²) < 4.78 is 5.60. The molecule has 2 atom stereocenters. The number of benzene rings is 1. The van der Waals surface area contributed by atoms with Crippen LogP contribution in [0.1, 0.15) is 25.7 Å². The zero-order chi connectivity index (χ0) is 13.2. The van der Waals surface area contributed by atoms with E-state index in [1.54, 1.807) is 6.07 Å². The van der Waals surface area contributed by atoms with E-state index in [1.165, 1.54) is 0 Å². The van der Waals surface area contributed by atoms with E-state index in [-0.39, 0.29) is 6.10 Å². The SMILES string of the molecule is Nc1ccc2nc(NCC3CCCC(O)C3)oc2c1. The van der Waals surface area contributed by atoms with Gasteiger partial charge in [0.05, 0.1) is 6.10 Å². The second-order valence-corrected chi connectivity index (χ2v) is 5.31. The number of oxazole rings is 1. The molecule has 5 nitrogen and oxygen atoms in total. The van der Waals surface area contributed by atoms with Crippen LogP contribution in [0.15, 0.2) is 22.6 Å². The summed E-state index contributed by atoms with van der Waals surface area (Å²) in [4.78, 5) is 4.36. The molecule has 1 aromatic heterocycles. The zero-order valence-electron chi connectivity index (χ0n) is 10.8. The molecule has 19 heavy (non-hydrogen) atoms. The highest BCUT2D eigenvalue weighted by Crippen LogP contribution is 2.25. The number of aliphatic hydroxyl groups excluding tert-OH is 1. The van der Waals surface area contributed by atoms with E-state index in [9.17, 15) is 5.11 Å². The Kier molecular flexibility index (Phi) is 3.29. The highest BCUT2D eigenvalue weighted by Gasteiger charge is 2.20. The molecule has 1 aliphatic carbocycles. The molecule has 0 spiro atoms. The summed E-state index contributed by atoms with van der Waals surface area (Å²) in [5.74, 6) is 0.490. The van der Waals surface area contributed by atoms with Crippen LogP contribution in [-0.4, -0.2) is 22.7 Å². The lowest BCUT2D eigenvalue weighted by Crippen LogP contribution is -2.25. The summed E-state index contributed by atoms with van der Waals surface area (Å²) in [6, 6.07) is 5.97. The highest BCUT2D eigenvalue weighted by molar-refractivity contribution is 5.78. The Morgan fingerprint density at radius 1 is 1.42 bits per heavy atom. The fraction of sp³-hybridized carbons (Fsp3) is 0.500. The van der Waals surface area contributed by atoms with Crippen LogP contribution in [0.3, 0.4) is 0 Å². The predicted molar refractivity (Wildman–Crippen MR) is 74.9 cm³/mol. The summed E-state index contributed by atoms with van der Waals surface area (Å²) in [7, 11) is 0. The van der Waals surface area contributed by atoms with Crippen molar-refractivity contribution in [1.82, 2.24) is 4.98 Å². The van der Waals surface area contributed by atoms with Crippen LogP contribution in [0.5, 0.6) is 0 Å². The normalized spacial score (nSPS) is 23.6. The van der Waals surface area contributed by atoms with Crippen molar-refractivity contribution in [3.63, 3.8) is 0 Å². The van der Waals surface area contributed by atoms with Gasteiger partial charge < -0.3 is 20.6 Å². The van der Waals surface area contributed by atoms with Crippen LogP contribution in [0.2, 0.25) is 0 Å². The molecular weight excluding hydrogens is 242 g/mol. The van der Waals surface area contributed by atoms with Crippen LogP contribution in [0.4, 0.5) is 11.7 Å². The molecule has 1 fully saturated rings. The molecule has 102 valence electrons. The fourth-order valence-electron chi connectivity index (χ4n) is 2.70. The molecule has 1 aromatic carbocycles. The van der Waals surface area contributed by atoms with E-state index >= 15 is 0 Å². The fourth-order valence-corrected chi connectivity index (χ4v) is 2.70. The number of nitrogen functional groups attached to an aromatic ring is 1. The first-order valence-corrected chi connectivity index (χ1v) is 6.79. The Morgan fingerprint density at radius 3 is 3.16 bits per heavy atom. The molecule has 1 saturated carbocycles. The molecule has 0 radical (unpaired) electrons. The van der Waals surface area contributed by atoms with Crippen LogP contribution >= 0.6 is 0 Å². The maximum atomic E-state index is 9.64. The van der Waals surface area contributed by atoms with Crippen LogP contribution in [0.25, 0.3) is 11.1 Å². The maximum Gasteiger partial charge on any atom is 0.295 e. The quantitative estimate of drug-likeness (QED) is 0.739. The third kappa shape index (κ3) is 2.81. The first-order chi connectivity index (χ1) is 9.20. The first-order valence-electron chi connectivity index (χ1n) is 6.79. The minimum absolute atomic E-state index is 0.149. The molecule has 0 aliphatic heterocycles. The van der Waals surface area contributed by atoms with E-state index in [0.717, 1.165) is 37.7 Å². The Hall–Kier alpha value is -1.75. The highest BCUT2D eigenvalue weighted by atomic mass is 16.4. The van der Waals surface area contributed by atoms with Gasteiger partial charge in [0, 0.05) is 18.3 Å². The van der Waals surface area contributed by atoms with Gasteiger partial charge in [-0.15, -0.1) is 0 Å². The number of aromatic nitrogens is 1. The zero-order valence-corrected chi connectivity index (χ0v) is 10.8. The standard InChI is InChI=1S/C14H19N3O2/c15-10-4-5-12-13(7-10)19-14(17-12)16-8-9-2-1-3-11(18)6-9/h4-5,7,9,11,18H,1-3,6,8,15H2,(H,16,17). The van der Waals surface area contributed by atoms with Gasteiger partial charge >= 0.3 is 0 Å². The molecule has 1 aliphatic rings. The second kappa shape index (κ2) is 5.09. The van der Waals surface area contributed by atoms with Gasteiger partial charge in [0.15, 0.2) is 5.58 Å². The van der Waals surface area contributed by atoms with Crippen molar-refractivity contribution >= 4 is 22.8 Å². The minimum Gasteiger partial charge on any atom is -0.423 e. The van der Waals surface area contributed by atoms with Gasteiger partial charge in [-0.3, -0.25) is 0 Å². The summed E-state index contributed by atoms with van der Waals surface area (Å²) in [5.41, 5.74) is 7.88. The third-order valence-corrected chi connectivity index (χ3v) is 3.71. The van der Waals surface area contributed by atoms with E-state index in [1.807, 2.05) is 12.1 Å². The van der Waals surface area contributed by atoms with E-state index in [4.69, 9.17) is 10.2 Å². The Labute approximate surface area is 111 Å². The molecule has 1 heterocycles. The molecule has 3 rings (SSSR count). The second-order valence-electron chi connectivity index (χ2n) is 5.31. The lowest BCUT2D eigenvalue weighted by Gasteiger charge is -2.25. The van der Waals surface area contributed by atoms with Crippen molar-refractivity contribution < 1.29 is 9.52 Å². The molecular formula is C14H19N3O2. The third-order valence-electron chi connectivity index (χ3n) is 3.71. The number of hydrogen-bond donors (Lipinski definition) is 3. The van der Waals surface area contributed by atoms with Crippen molar-refractivity contribution in [3.8, 4) is 0 Å². The van der Waals surface area contributed by atoms with Crippen LogP contribution < -0.4 is 11.1 Å². The summed E-state index contributed by atoms with van der Waals surface area (Å²) in [6.45, 7) is 0.791. The smallest absolute Gasteiger partial charge is 0.295 e. The largest absolute Gasteiger partial charge is 0.423 e. The lowest BCUT2D eigenvalue weighted by molar-refractivity contribution is 0.104. The molecule has 0 saturated heterocycles. The van der Waals surface area contributed by atoms with Crippen LogP contribution in [-0.2, 0) is 0 Å². The number of nitrogens with zero attached hydrogens (tertiary/aromatic N) is 1. The average Bonchev–Trinajstić information content (AvgIpc) is 2.78. The topological polar surface area (TPSA) is 84.3 Å². The number of anilines is 2. The molecule has 4 N–H and O–H groups in total. The number of nitrogens with two attached hydrogens (primary N) is 1. The van der Waals surface area contributed by atoms with Gasteiger partial charge in [0.1, 0.15) is 5.52 Å². The van der Waals surface area contributed by atoms with Crippen molar-refractivity contribution in [3.05, 3.63) is 18.2 Å². The maximum absolute atomic E-state index is 9.64. The van der Waals surface area contributed by atoms with Crippen LogP contribution in [0, 0.1) is 5.92 Å². The summed E-state index contributed by atoms with van der Waals surface area (Å²) in [6.07, 6.45) is 3.89. The molecule has 2 unspecified atom stereocenters. The van der Waals surface area contributed by atoms with Gasteiger partial charge in [-0.05, 0) is 37.3 Å². The van der Waals surface area contributed by atoms with Gasteiger partial charge in [-0.2, -0.15) is 4.98 Å². The van der Waals surface area contributed by atoms with E-state index in [0.29, 0.717) is 23.2 Å². The Morgan fingerprint density at radius 2 is 2.32 bits per heavy atom. The summed E-state index contributed by atoms with van der Waals surface area (Å²) >= 11 is 0. The number of rotatable bonds is 3. The number of hydrogen-bond acceptors (Lipinski definition) is 5. The molecule has 0 amide bonds. The number of nitrogens with one attached hydrogen (secondary N) is 1.